The highest BCUT2D eigenvalue weighted by atomic mass is 16.6. The first kappa shape index (κ1) is 23.7. The number of nitrogens with one attached hydrogen (secondary N) is 1. The summed E-state index contributed by atoms with van der Waals surface area (Å²) in [6, 6.07) is 15.2. The van der Waals surface area contributed by atoms with Crippen molar-refractivity contribution in [2.75, 3.05) is 40.0 Å². The lowest BCUT2D eigenvalue weighted by atomic mass is 9.95. The molecule has 34 heavy (non-hydrogen) atoms. The largest absolute Gasteiger partial charge is 0.480 e. The SMILES string of the molecule is COCC(NC(=O)OCC1c2ccccc2-c2ccccc21)C(=O)N1CC(C)(OCC(=O)O)C1. The number of carboxylic acids is 1. The fourth-order valence-corrected chi connectivity index (χ4v) is 4.59. The molecule has 0 spiro atoms. The summed E-state index contributed by atoms with van der Waals surface area (Å²) >= 11 is 0. The number of nitrogens with zero attached hydrogens (tertiary/aromatic N) is 1. The lowest BCUT2D eigenvalue weighted by Gasteiger charge is -2.48. The van der Waals surface area contributed by atoms with E-state index in [2.05, 4.69) is 17.4 Å². The number of rotatable bonds is 9. The number of carbonyl (C=O) groups is 3. The number of hydrogen-bond donors (Lipinski definition) is 2. The Balaban J connectivity index is 1.34. The van der Waals surface area contributed by atoms with Crippen LogP contribution in [-0.4, -0.2) is 79.6 Å². The van der Waals surface area contributed by atoms with Crippen LogP contribution in [0.3, 0.4) is 0 Å². The molecule has 2 aromatic carbocycles. The van der Waals surface area contributed by atoms with Gasteiger partial charge in [-0.25, -0.2) is 9.59 Å². The molecule has 0 radical (unpaired) electrons. The van der Waals surface area contributed by atoms with Crippen molar-refractivity contribution in [3.05, 3.63) is 59.7 Å². The molecule has 2 N–H and O–H groups in total. The Labute approximate surface area is 197 Å². The number of aliphatic carboxylic acids is 1. The summed E-state index contributed by atoms with van der Waals surface area (Å²) in [6.45, 7) is 1.88. The van der Waals surface area contributed by atoms with Gasteiger partial charge >= 0.3 is 12.1 Å². The zero-order chi connectivity index (χ0) is 24.3. The van der Waals surface area contributed by atoms with E-state index in [4.69, 9.17) is 19.3 Å². The molecule has 0 saturated carbocycles. The van der Waals surface area contributed by atoms with E-state index in [0.717, 1.165) is 22.3 Å². The number of likely N-dealkylation sites (tertiary alicyclic amines) is 1. The smallest absolute Gasteiger partial charge is 0.407 e. The molecule has 1 aliphatic heterocycles. The summed E-state index contributed by atoms with van der Waals surface area (Å²) < 4.78 is 16.0. The van der Waals surface area contributed by atoms with Crippen molar-refractivity contribution in [1.82, 2.24) is 10.2 Å². The van der Waals surface area contributed by atoms with Crippen molar-refractivity contribution in [2.45, 2.75) is 24.5 Å². The average Bonchev–Trinajstić information content (AvgIpc) is 3.12. The molecular weight excluding hydrogens is 440 g/mol. The molecule has 4 rings (SSSR count). The summed E-state index contributed by atoms with van der Waals surface area (Å²) in [5.41, 5.74) is 3.73. The van der Waals surface area contributed by atoms with Crippen LogP contribution in [0, 0.1) is 0 Å². The van der Waals surface area contributed by atoms with Gasteiger partial charge in [-0.15, -0.1) is 0 Å². The van der Waals surface area contributed by atoms with Gasteiger partial charge in [0.1, 0.15) is 24.9 Å². The Bertz CT molecular complexity index is 1030. The monoisotopic (exact) mass is 468 g/mol. The highest BCUT2D eigenvalue weighted by Crippen LogP contribution is 2.44. The molecule has 180 valence electrons. The van der Waals surface area contributed by atoms with Crippen LogP contribution < -0.4 is 5.32 Å². The van der Waals surface area contributed by atoms with Crippen molar-refractivity contribution >= 4 is 18.0 Å². The zero-order valence-corrected chi connectivity index (χ0v) is 19.2. The van der Waals surface area contributed by atoms with Gasteiger partial charge in [-0.05, 0) is 29.2 Å². The van der Waals surface area contributed by atoms with Crippen LogP contribution in [0.25, 0.3) is 11.1 Å². The summed E-state index contributed by atoms with van der Waals surface area (Å²) in [5.74, 6) is -1.50. The fourth-order valence-electron chi connectivity index (χ4n) is 4.59. The van der Waals surface area contributed by atoms with Crippen molar-refractivity contribution in [1.29, 1.82) is 0 Å². The van der Waals surface area contributed by atoms with Crippen molar-refractivity contribution in [3.8, 4) is 11.1 Å². The second-order valence-corrected chi connectivity index (χ2v) is 8.80. The number of ether oxygens (including phenoxy) is 3. The third-order valence-electron chi connectivity index (χ3n) is 6.17. The van der Waals surface area contributed by atoms with E-state index in [-0.39, 0.29) is 38.1 Å². The molecule has 1 fully saturated rings. The van der Waals surface area contributed by atoms with Crippen LogP contribution in [0.5, 0.6) is 0 Å². The average molecular weight is 469 g/mol. The molecule has 0 bridgehead atoms. The normalized spacial score (nSPS) is 16.7. The molecule has 1 saturated heterocycles. The summed E-state index contributed by atoms with van der Waals surface area (Å²) in [6.07, 6.45) is -0.706. The quantitative estimate of drug-likeness (QED) is 0.580. The third kappa shape index (κ3) is 4.90. The van der Waals surface area contributed by atoms with E-state index in [9.17, 15) is 14.4 Å². The van der Waals surface area contributed by atoms with E-state index in [1.54, 1.807) is 6.92 Å². The number of benzene rings is 2. The van der Waals surface area contributed by atoms with E-state index in [0.29, 0.717) is 0 Å². The van der Waals surface area contributed by atoms with E-state index < -0.39 is 30.3 Å². The molecule has 1 unspecified atom stereocenters. The molecule has 9 heteroatoms. The number of hydrogen-bond acceptors (Lipinski definition) is 6. The second kappa shape index (κ2) is 9.82. The van der Waals surface area contributed by atoms with Crippen molar-refractivity contribution < 1.29 is 33.7 Å². The van der Waals surface area contributed by atoms with E-state index in [1.165, 1.54) is 12.0 Å². The first-order valence-corrected chi connectivity index (χ1v) is 11.1. The van der Waals surface area contributed by atoms with Crippen LogP contribution in [0.1, 0.15) is 24.0 Å². The van der Waals surface area contributed by atoms with E-state index in [1.807, 2.05) is 36.4 Å². The minimum absolute atomic E-state index is 0.0216. The molecular formula is C25H28N2O7. The number of carbonyl (C=O) groups excluding carboxylic acids is 2. The van der Waals surface area contributed by atoms with Crippen LogP contribution in [-0.2, 0) is 23.8 Å². The number of amides is 2. The van der Waals surface area contributed by atoms with Gasteiger partial charge in [0.25, 0.3) is 0 Å². The highest BCUT2D eigenvalue weighted by Gasteiger charge is 2.44. The number of fused-ring (bicyclic) bond motifs is 3. The Morgan fingerprint density at radius 2 is 1.68 bits per heavy atom. The molecule has 0 aromatic heterocycles. The Hall–Kier alpha value is -3.43. The maximum Gasteiger partial charge on any atom is 0.407 e. The summed E-state index contributed by atoms with van der Waals surface area (Å²) in [7, 11) is 1.44. The topological polar surface area (TPSA) is 114 Å². The first-order chi connectivity index (χ1) is 16.3. The molecule has 2 amide bonds. The Morgan fingerprint density at radius 3 is 2.24 bits per heavy atom. The van der Waals surface area contributed by atoms with Crippen LogP contribution in [0.4, 0.5) is 4.79 Å². The molecule has 1 aliphatic carbocycles. The predicted molar refractivity (Wildman–Crippen MR) is 122 cm³/mol. The summed E-state index contributed by atoms with van der Waals surface area (Å²) in [5, 5.41) is 11.4. The van der Waals surface area contributed by atoms with Crippen molar-refractivity contribution in [2.24, 2.45) is 0 Å². The predicted octanol–water partition coefficient (Wildman–Crippen LogP) is 2.24. The van der Waals surface area contributed by atoms with Gasteiger partial charge in [-0.2, -0.15) is 0 Å². The van der Waals surface area contributed by atoms with Crippen molar-refractivity contribution in [3.63, 3.8) is 0 Å². The van der Waals surface area contributed by atoms with Gasteiger partial charge in [0, 0.05) is 13.0 Å². The van der Waals surface area contributed by atoms with Gasteiger partial charge < -0.3 is 29.5 Å². The fraction of sp³-hybridized carbons (Fsp3) is 0.400. The number of carboxylic acid groups (broad SMARTS) is 1. The molecule has 1 atom stereocenters. The first-order valence-electron chi connectivity index (χ1n) is 11.1. The third-order valence-corrected chi connectivity index (χ3v) is 6.17. The van der Waals surface area contributed by atoms with E-state index >= 15 is 0 Å². The second-order valence-electron chi connectivity index (χ2n) is 8.80. The zero-order valence-electron chi connectivity index (χ0n) is 19.2. The van der Waals surface area contributed by atoms with Gasteiger partial charge in [0.15, 0.2) is 0 Å². The van der Waals surface area contributed by atoms with Gasteiger partial charge in [-0.1, -0.05) is 48.5 Å². The molecule has 2 aliphatic rings. The highest BCUT2D eigenvalue weighted by molar-refractivity contribution is 5.87. The van der Waals surface area contributed by atoms with Crippen LogP contribution in [0.15, 0.2) is 48.5 Å². The van der Waals surface area contributed by atoms with Gasteiger partial charge in [0.05, 0.1) is 19.7 Å². The number of alkyl carbamates (subject to hydrolysis) is 1. The van der Waals surface area contributed by atoms with Crippen LogP contribution >= 0.6 is 0 Å². The number of methoxy groups -OCH3 is 1. The van der Waals surface area contributed by atoms with Crippen LogP contribution in [0.2, 0.25) is 0 Å². The molecule has 9 nitrogen and oxygen atoms in total. The maximum atomic E-state index is 12.9. The maximum absolute atomic E-state index is 12.9. The summed E-state index contributed by atoms with van der Waals surface area (Å²) in [4.78, 5) is 37.7. The minimum atomic E-state index is -1.07. The lowest BCUT2D eigenvalue weighted by molar-refractivity contribution is -0.175. The lowest BCUT2D eigenvalue weighted by Crippen LogP contribution is -2.66. The van der Waals surface area contributed by atoms with Gasteiger partial charge in [-0.3, -0.25) is 4.79 Å². The Morgan fingerprint density at radius 1 is 1.09 bits per heavy atom. The van der Waals surface area contributed by atoms with Gasteiger partial charge in [0.2, 0.25) is 5.91 Å². The standard InChI is InChI=1S/C25H28N2O7/c1-25(34-13-22(28)29)14-27(15-25)23(30)21(12-32-2)26-24(31)33-11-20-18-9-5-3-7-16(18)17-8-4-6-10-19(17)20/h3-10,20-21H,11-15H2,1-2H3,(H,26,31)(H,28,29). The Kier molecular flexibility index (Phi) is 6.85. The minimum Gasteiger partial charge on any atom is -0.480 e. The molecule has 2 aromatic rings. The molecule has 1 heterocycles.